The highest BCUT2D eigenvalue weighted by atomic mass is 127. The Labute approximate surface area is 647 Å². The van der Waals surface area contributed by atoms with Crippen molar-refractivity contribution in [3.8, 4) is 62.3 Å². The van der Waals surface area contributed by atoms with Gasteiger partial charge >= 0.3 is 14.2 Å². The quantitative estimate of drug-likeness (QED) is 0.0564. The van der Waals surface area contributed by atoms with Gasteiger partial charge in [-0.25, -0.2) is 0 Å². The summed E-state index contributed by atoms with van der Waals surface area (Å²) in [5.41, 5.74) is 14.4. The Morgan fingerprint density at radius 3 is 1.23 bits per heavy atom. The standard InChI is InChI=1S/C18H19N3O2.C17H17N3O2.C14H14BrNO2.C10H17BN2O2.C8H11BO3.C6H6BrNO.C3H7I.2CH4/c1-12-8-18(22)21(11-16(12)14-9-19-20(3)10-14)17-6-5-15(23-4)7-13(17)2;1-11-7-17(22)20(16-5-4-14(21)6-12(16)2)10-15(11)13-8-18-19(3)9-13;1-9-7-14(17)16(8-12(9)15)13-5-4-11(18-3)6-10(13)2;1-9(2)10(3,4)15-11(14-9)8-6-12-13(5)7-8;1-6-5-7(12-2)3-4-8(6)9(10)11;1-4-2-6(9)8-3-5(4)7;1-3(2)4;;/h5-11H,1-4H3;4-10,21H,1-3H3;4-8H,1-3H3;6-7H,1-5H3;3-5,10-11H,1-2H3;2-3H,1H3,(H,8,9);3H,1-2H3;2*1H4. The molecule has 22 nitrogen and oxygen atoms in total. The smallest absolute Gasteiger partial charge is 0.498 e. The van der Waals surface area contributed by atoms with Crippen LogP contribution in [0.15, 0.2) is 187 Å². The number of hydrogen-bond donors (Lipinski definition) is 4. The number of pyridine rings is 4. The molecular formula is C78H99B2Br2IN10O12. The fourth-order valence-corrected chi connectivity index (χ4v) is 10.8. The molecule has 0 aliphatic carbocycles. The number of methoxy groups -OCH3 is 3. The Kier molecular flexibility index (Phi) is 33.3. The highest BCUT2D eigenvalue weighted by Crippen LogP contribution is 2.36. The van der Waals surface area contributed by atoms with Crippen molar-refractivity contribution in [1.82, 2.24) is 48.0 Å². The van der Waals surface area contributed by atoms with Gasteiger partial charge < -0.3 is 43.7 Å². The Morgan fingerprint density at radius 1 is 0.505 bits per heavy atom. The number of benzene rings is 4. The molecular weight excluding hydrogens is 1580 g/mol. The number of phenolic OH excluding ortho intramolecular Hbond substituents is 1. The van der Waals surface area contributed by atoms with Crippen LogP contribution in [-0.2, 0) is 30.5 Å². The van der Waals surface area contributed by atoms with Gasteiger partial charge in [-0.2, -0.15) is 15.3 Å². The minimum atomic E-state index is -1.41. The van der Waals surface area contributed by atoms with E-state index in [0.29, 0.717) is 5.46 Å². The van der Waals surface area contributed by atoms with Gasteiger partial charge in [0, 0.05) is 136 Å². The van der Waals surface area contributed by atoms with E-state index >= 15 is 0 Å². The lowest BCUT2D eigenvalue weighted by Crippen LogP contribution is -2.41. The molecule has 560 valence electrons. The summed E-state index contributed by atoms with van der Waals surface area (Å²) in [5, 5.41) is 39.8. The maximum Gasteiger partial charge on any atom is 0.498 e. The average molecular weight is 1680 g/mol. The number of aromatic nitrogens is 10. The van der Waals surface area contributed by atoms with Crippen molar-refractivity contribution >= 4 is 79.6 Å². The van der Waals surface area contributed by atoms with Gasteiger partial charge in [0.1, 0.15) is 23.0 Å². The number of aryl methyl sites for hydroxylation is 11. The molecule has 0 radical (unpaired) electrons. The highest BCUT2D eigenvalue weighted by molar-refractivity contribution is 14.1. The van der Waals surface area contributed by atoms with E-state index in [4.69, 9.17) is 33.6 Å². The predicted molar refractivity (Wildman–Crippen MR) is 440 cm³/mol. The molecule has 0 atom stereocenters. The number of nitrogens with one attached hydrogen (secondary N) is 1. The van der Waals surface area contributed by atoms with Gasteiger partial charge in [-0.3, -0.25) is 46.9 Å². The lowest BCUT2D eigenvalue weighted by molar-refractivity contribution is 0.00578. The lowest BCUT2D eigenvalue weighted by Gasteiger charge is -2.32. The van der Waals surface area contributed by atoms with Crippen molar-refractivity contribution in [2.24, 2.45) is 21.1 Å². The summed E-state index contributed by atoms with van der Waals surface area (Å²) in [6.45, 7) is 27.7. The first-order valence-electron chi connectivity index (χ1n) is 32.6. The number of halogens is 3. The van der Waals surface area contributed by atoms with Crippen LogP contribution in [-0.4, -0.2) is 114 Å². The zero-order chi connectivity index (χ0) is 76.5. The van der Waals surface area contributed by atoms with Crippen LogP contribution in [0.3, 0.4) is 0 Å². The fraction of sp³-hybridized carbons (Fsp3) is 0.321. The van der Waals surface area contributed by atoms with Crippen molar-refractivity contribution in [3.63, 3.8) is 0 Å². The minimum absolute atomic E-state index is 0. The Bertz CT molecular complexity index is 4940. The van der Waals surface area contributed by atoms with E-state index in [0.717, 1.165) is 119 Å². The highest BCUT2D eigenvalue weighted by Gasteiger charge is 2.52. The number of rotatable bonds is 10. The van der Waals surface area contributed by atoms with Gasteiger partial charge in [0.15, 0.2) is 0 Å². The van der Waals surface area contributed by atoms with Crippen LogP contribution in [0.5, 0.6) is 23.0 Å². The molecule has 1 fully saturated rings. The van der Waals surface area contributed by atoms with E-state index in [2.05, 4.69) is 88.6 Å². The summed E-state index contributed by atoms with van der Waals surface area (Å²) in [7, 11) is 8.75. The zero-order valence-electron chi connectivity index (χ0n) is 61.9. The van der Waals surface area contributed by atoms with Crippen LogP contribution in [0.2, 0.25) is 0 Å². The molecule has 0 amide bonds. The SMILES string of the molecule is C.C.CC(C)I.COc1ccc(-n2cc(-c3cnn(C)c3)c(C)cc2=O)c(C)c1.COc1ccc(-n2cc(Br)c(C)cc2=O)c(C)c1.COc1ccc(B(O)O)c(C)c1.Cc1cc(=O)[nH]cc1Br.Cc1cc(=O)n(-c2ccc(O)cc2C)cc1-c1cnn(C)c1.Cn1cc(B2OC(C)(C)C(C)(C)O2)cn1. The van der Waals surface area contributed by atoms with Crippen LogP contribution < -0.4 is 47.4 Å². The molecule has 27 heteroatoms. The van der Waals surface area contributed by atoms with Crippen LogP contribution in [0.1, 0.15) is 101 Å². The summed E-state index contributed by atoms with van der Waals surface area (Å²) < 4.78 is 39.9. The molecule has 12 rings (SSSR count). The number of hydrogen-bond acceptors (Lipinski definition) is 15. The van der Waals surface area contributed by atoms with Gasteiger partial charge in [0.25, 0.3) is 16.7 Å². The number of alkyl halides is 1. The zero-order valence-corrected chi connectivity index (χ0v) is 67.2. The first kappa shape index (κ1) is 88.6. The van der Waals surface area contributed by atoms with Crippen LogP contribution in [0.4, 0.5) is 0 Å². The Balaban J connectivity index is 0.000000268. The van der Waals surface area contributed by atoms with E-state index < -0.39 is 7.12 Å². The molecule has 0 spiro atoms. The van der Waals surface area contributed by atoms with E-state index in [-0.39, 0.29) is 61.2 Å². The third-order valence-electron chi connectivity index (χ3n) is 16.6. The first-order valence-corrected chi connectivity index (χ1v) is 35.5. The first-order chi connectivity index (χ1) is 48.4. The molecule has 0 saturated carbocycles. The topological polar surface area (TPSA) is 259 Å². The number of nitrogens with zero attached hydrogens (tertiary/aromatic N) is 9. The van der Waals surface area contributed by atoms with Crippen LogP contribution >= 0.6 is 54.5 Å². The summed E-state index contributed by atoms with van der Waals surface area (Å²) >= 11 is 9.05. The van der Waals surface area contributed by atoms with E-state index in [9.17, 15) is 24.3 Å². The van der Waals surface area contributed by atoms with E-state index in [1.807, 2.05) is 165 Å². The molecule has 4 aromatic carbocycles. The molecule has 105 heavy (non-hydrogen) atoms. The van der Waals surface area contributed by atoms with Gasteiger partial charge in [-0.05, 0) is 232 Å². The van der Waals surface area contributed by atoms with Crippen molar-refractivity contribution < 1.29 is 38.7 Å². The van der Waals surface area contributed by atoms with Crippen molar-refractivity contribution in [1.29, 1.82) is 0 Å². The molecule has 0 unspecified atom stereocenters. The summed E-state index contributed by atoms with van der Waals surface area (Å²) in [5.74, 6) is 2.47. The molecule has 11 aromatic rings. The van der Waals surface area contributed by atoms with Gasteiger partial charge in [-0.15, -0.1) is 0 Å². The van der Waals surface area contributed by atoms with E-state index in [1.165, 1.54) is 0 Å². The molecule has 1 saturated heterocycles. The van der Waals surface area contributed by atoms with Crippen LogP contribution in [0.25, 0.3) is 39.3 Å². The summed E-state index contributed by atoms with van der Waals surface area (Å²) in [4.78, 5) is 49.9. The summed E-state index contributed by atoms with van der Waals surface area (Å²) in [6.07, 6.45) is 18.3. The van der Waals surface area contributed by atoms with Crippen molar-refractivity contribution in [2.75, 3.05) is 21.3 Å². The molecule has 0 bridgehead atoms. The lowest BCUT2D eigenvalue weighted by atomic mass is 9.77. The van der Waals surface area contributed by atoms with E-state index in [1.54, 1.807) is 148 Å². The molecule has 4 N–H and O–H groups in total. The average Bonchev–Trinajstić information content (AvgIpc) is 1.68. The Hall–Kier alpha value is -8.83. The molecule has 1 aliphatic heterocycles. The molecule has 1 aliphatic rings. The van der Waals surface area contributed by atoms with Crippen molar-refractivity contribution in [2.45, 2.75) is 127 Å². The second kappa shape index (κ2) is 39.5. The number of aromatic hydroxyl groups is 1. The van der Waals surface area contributed by atoms with Gasteiger partial charge in [0.2, 0.25) is 5.56 Å². The third kappa shape index (κ3) is 24.4. The van der Waals surface area contributed by atoms with Gasteiger partial charge in [-0.1, -0.05) is 57.4 Å². The third-order valence-corrected chi connectivity index (χ3v) is 18.3. The maximum absolute atomic E-state index is 12.4. The normalized spacial score (nSPS) is 12.0. The predicted octanol–water partition coefficient (Wildman–Crippen LogP) is 13.6. The Morgan fingerprint density at radius 2 is 0.876 bits per heavy atom. The number of ether oxygens (including phenoxy) is 3. The van der Waals surface area contributed by atoms with Crippen LogP contribution in [0, 0.1) is 55.4 Å². The second-order valence-corrected chi connectivity index (χ2v) is 29.9. The largest absolute Gasteiger partial charge is 0.508 e. The number of H-pyrrole nitrogens is 1. The minimum Gasteiger partial charge on any atom is -0.508 e. The fourth-order valence-electron chi connectivity index (χ4n) is 10.3. The summed E-state index contributed by atoms with van der Waals surface area (Å²) in [6, 6.07) is 27.8. The number of phenols is 1. The molecule has 8 heterocycles. The monoisotopic (exact) mass is 1670 g/mol. The second-order valence-electron chi connectivity index (χ2n) is 25.7. The maximum atomic E-state index is 12.4. The number of aromatic amines is 1. The van der Waals surface area contributed by atoms with Crippen molar-refractivity contribution in [3.05, 3.63) is 254 Å². The van der Waals surface area contributed by atoms with Gasteiger partial charge in [0.05, 0.1) is 62.0 Å². The molecule has 7 aromatic heterocycles.